The summed E-state index contributed by atoms with van der Waals surface area (Å²) in [5, 5.41) is 8.28. The summed E-state index contributed by atoms with van der Waals surface area (Å²) in [6.45, 7) is 2.75. The molecule has 0 unspecified atom stereocenters. The van der Waals surface area contributed by atoms with Gasteiger partial charge in [0.15, 0.2) is 5.65 Å². The Kier molecular flexibility index (Phi) is 3.92. The Morgan fingerprint density at radius 3 is 2.62 bits per heavy atom. The number of H-pyrrole nitrogens is 1. The third-order valence-corrected chi connectivity index (χ3v) is 5.02. The number of hydrogen-bond donors (Lipinski definition) is 2. The van der Waals surface area contributed by atoms with Crippen LogP contribution in [0.15, 0.2) is 30.3 Å². The molecule has 2 aromatic heterocycles. The molecule has 0 spiro atoms. The van der Waals surface area contributed by atoms with Crippen LogP contribution >= 0.6 is 0 Å². The van der Waals surface area contributed by atoms with Crippen molar-refractivity contribution in [3.8, 4) is 0 Å². The van der Waals surface area contributed by atoms with E-state index >= 15 is 0 Å². The number of benzene rings is 1. The summed E-state index contributed by atoms with van der Waals surface area (Å²) < 4.78 is 1.89. The predicted molar refractivity (Wildman–Crippen MR) is 93.9 cm³/mol. The topological polar surface area (TPSA) is 70.3 Å². The average Bonchev–Trinajstić information content (AvgIpc) is 3.25. The number of hydrogen-bond acceptors (Lipinski definition) is 3. The lowest BCUT2D eigenvalue weighted by Gasteiger charge is -2.08. The molecule has 0 bridgehead atoms. The van der Waals surface area contributed by atoms with Gasteiger partial charge >= 0.3 is 0 Å². The summed E-state index contributed by atoms with van der Waals surface area (Å²) in [4.78, 5) is 13.0. The predicted octanol–water partition coefficient (Wildman–Crippen LogP) is 3.51. The quantitative estimate of drug-likeness (QED) is 0.772. The summed E-state index contributed by atoms with van der Waals surface area (Å²) in [5.74, 6) is 1.60. The summed E-state index contributed by atoms with van der Waals surface area (Å²) in [6.07, 6.45) is 5.71. The van der Waals surface area contributed by atoms with Crippen LogP contribution < -0.4 is 5.62 Å². The first kappa shape index (κ1) is 15.1. The van der Waals surface area contributed by atoms with Crippen molar-refractivity contribution < 1.29 is 0 Å². The minimum absolute atomic E-state index is 0.292. The Balaban J connectivity index is 1.85. The summed E-state index contributed by atoms with van der Waals surface area (Å²) in [7, 11) is 0. The number of fused-ring (bicyclic) bond motifs is 1. The van der Waals surface area contributed by atoms with Crippen molar-refractivity contribution in [2.45, 2.75) is 51.5 Å². The molecule has 124 valence electrons. The highest BCUT2D eigenvalue weighted by Crippen LogP contribution is 2.33. The minimum atomic E-state index is 0.292. The Labute approximate surface area is 141 Å². The van der Waals surface area contributed by atoms with E-state index in [1.54, 1.807) is 0 Å². The molecule has 5 heteroatoms. The monoisotopic (exact) mass is 321 g/mol. The van der Waals surface area contributed by atoms with Gasteiger partial charge in [-0.15, -0.1) is 0 Å². The average molecular weight is 321 g/mol. The molecule has 0 saturated heterocycles. The Morgan fingerprint density at radius 2 is 1.92 bits per heavy atom. The van der Waals surface area contributed by atoms with Crippen LogP contribution in [0.25, 0.3) is 11.2 Å². The third kappa shape index (κ3) is 2.64. The van der Waals surface area contributed by atoms with Crippen LogP contribution in [0, 0.1) is 5.41 Å². The van der Waals surface area contributed by atoms with Gasteiger partial charge in [-0.3, -0.25) is 9.98 Å². The smallest absolute Gasteiger partial charge is 0.223 e. The van der Waals surface area contributed by atoms with Gasteiger partial charge in [-0.2, -0.15) is 0 Å². The number of rotatable bonds is 4. The molecular formula is C19H23N5. The second kappa shape index (κ2) is 6.23. The van der Waals surface area contributed by atoms with Crippen LogP contribution in [0.5, 0.6) is 0 Å². The maximum atomic E-state index is 8.28. The molecule has 1 aromatic carbocycles. The first-order valence-corrected chi connectivity index (χ1v) is 8.84. The summed E-state index contributed by atoms with van der Waals surface area (Å²) in [6, 6.07) is 10.3. The standard InChI is InChI=1S/C19H23N5/c1-2-24-18-16(22-17(23-18)14-10-6-7-11-14)15(21-19(24)20)12-13-8-4-3-5-9-13/h3-5,8-9,14,20H,2,6-7,10-12H2,1H3,(H,22,23). The van der Waals surface area contributed by atoms with E-state index in [9.17, 15) is 0 Å². The van der Waals surface area contributed by atoms with E-state index < -0.39 is 0 Å². The second-order valence-corrected chi connectivity index (χ2v) is 6.59. The van der Waals surface area contributed by atoms with Gasteiger partial charge in [0, 0.05) is 18.9 Å². The maximum Gasteiger partial charge on any atom is 0.223 e. The van der Waals surface area contributed by atoms with Crippen LogP contribution in [0.4, 0.5) is 0 Å². The van der Waals surface area contributed by atoms with Crippen molar-refractivity contribution in [2.24, 2.45) is 0 Å². The van der Waals surface area contributed by atoms with Crippen molar-refractivity contribution in [1.29, 1.82) is 5.41 Å². The van der Waals surface area contributed by atoms with Gasteiger partial charge in [0.25, 0.3) is 0 Å². The zero-order valence-electron chi connectivity index (χ0n) is 14.0. The summed E-state index contributed by atoms with van der Waals surface area (Å²) in [5.41, 5.74) is 4.30. The normalized spacial score (nSPS) is 15.4. The zero-order valence-corrected chi connectivity index (χ0v) is 14.0. The molecular weight excluding hydrogens is 298 g/mol. The fraction of sp³-hybridized carbons (Fsp3) is 0.421. The molecule has 2 N–H and O–H groups in total. The molecule has 0 atom stereocenters. The van der Waals surface area contributed by atoms with Gasteiger partial charge in [-0.25, -0.2) is 9.97 Å². The maximum absolute atomic E-state index is 8.28. The lowest BCUT2D eigenvalue weighted by Crippen LogP contribution is -2.24. The van der Waals surface area contributed by atoms with Crippen molar-refractivity contribution in [3.63, 3.8) is 0 Å². The van der Waals surface area contributed by atoms with Gasteiger partial charge in [0.1, 0.15) is 11.3 Å². The van der Waals surface area contributed by atoms with Gasteiger partial charge in [-0.05, 0) is 25.3 Å². The lowest BCUT2D eigenvalue weighted by molar-refractivity contribution is 0.669. The van der Waals surface area contributed by atoms with Crippen molar-refractivity contribution in [3.05, 3.63) is 53.0 Å². The van der Waals surface area contributed by atoms with Gasteiger partial charge in [0.2, 0.25) is 5.62 Å². The van der Waals surface area contributed by atoms with E-state index in [-0.39, 0.29) is 0 Å². The van der Waals surface area contributed by atoms with E-state index in [0.717, 1.165) is 29.1 Å². The number of aryl methyl sites for hydroxylation is 1. The zero-order chi connectivity index (χ0) is 16.5. The van der Waals surface area contributed by atoms with Crippen LogP contribution in [-0.4, -0.2) is 19.5 Å². The molecule has 24 heavy (non-hydrogen) atoms. The SMILES string of the molecule is CCn1c(=N)nc(Cc2ccccc2)c2[nH]c(C3CCCC3)nc21. The third-order valence-electron chi connectivity index (χ3n) is 5.02. The molecule has 0 aliphatic heterocycles. The first-order valence-electron chi connectivity index (χ1n) is 8.84. The summed E-state index contributed by atoms with van der Waals surface area (Å²) >= 11 is 0. The molecule has 4 rings (SSSR count). The number of aromatic nitrogens is 4. The van der Waals surface area contributed by atoms with Gasteiger partial charge < -0.3 is 4.98 Å². The van der Waals surface area contributed by atoms with Crippen LogP contribution in [-0.2, 0) is 13.0 Å². The fourth-order valence-electron chi connectivity index (χ4n) is 3.73. The lowest BCUT2D eigenvalue weighted by atomic mass is 10.1. The molecule has 0 amide bonds. The minimum Gasteiger partial charge on any atom is -0.339 e. The van der Waals surface area contributed by atoms with E-state index in [4.69, 9.17) is 10.4 Å². The van der Waals surface area contributed by atoms with E-state index in [1.807, 2.05) is 29.7 Å². The van der Waals surface area contributed by atoms with Crippen LogP contribution in [0.1, 0.15) is 55.6 Å². The molecule has 3 aromatic rings. The highest BCUT2D eigenvalue weighted by Gasteiger charge is 2.22. The fourth-order valence-corrected chi connectivity index (χ4v) is 3.73. The largest absolute Gasteiger partial charge is 0.339 e. The van der Waals surface area contributed by atoms with Crippen LogP contribution in [0.2, 0.25) is 0 Å². The molecule has 1 aliphatic carbocycles. The molecule has 1 saturated carbocycles. The van der Waals surface area contributed by atoms with E-state index in [2.05, 4.69) is 22.1 Å². The number of imidazole rings is 1. The van der Waals surface area contributed by atoms with Gasteiger partial charge in [0.05, 0.1) is 5.69 Å². The molecule has 0 radical (unpaired) electrons. The molecule has 2 heterocycles. The molecule has 1 aliphatic rings. The van der Waals surface area contributed by atoms with Gasteiger partial charge in [-0.1, -0.05) is 43.2 Å². The second-order valence-electron chi connectivity index (χ2n) is 6.59. The Bertz CT molecular complexity index is 901. The molecule has 1 fully saturated rings. The molecule has 5 nitrogen and oxygen atoms in total. The van der Waals surface area contributed by atoms with E-state index in [1.165, 1.54) is 31.2 Å². The van der Waals surface area contributed by atoms with Crippen LogP contribution in [0.3, 0.4) is 0 Å². The number of nitrogens with zero attached hydrogens (tertiary/aromatic N) is 3. The van der Waals surface area contributed by atoms with Crippen molar-refractivity contribution >= 4 is 11.2 Å². The Hall–Kier alpha value is -2.43. The first-order chi connectivity index (χ1) is 11.8. The van der Waals surface area contributed by atoms with Crippen molar-refractivity contribution in [2.75, 3.05) is 0 Å². The number of aromatic amines is 1. The number of nitrogens with one attached hydrogen (secondary N) is 2. The highest BCUT2D eigenvalue weighted by molar-refractivity contribution is 5.74. The van der Waals surface area contributed by atoms with Crippen molar-refractivity contribution in [1.82, 2.24) is 19.5 Å². The highest BCUT2D eigenvalue weighted by atomic mass is 15.1. The van der Waals surface area contributed by atoms with E-state index in [0.29, 0.717) is 18.1 Å². The Morgan fingerprint density at radius 1 is 1.17 bits per heavy atom.